The molecule has 0 aliphatic rings. The molecule has 0 aliphatic carbocycles. The van der Waals surface area contributed by atoms with Gasteiger partial charge in [-0.2, -0.15) is 0 Å². The number of nitrogens with zero attached hydrogens (tertiary/aromatic N) is 3. The number of carbonyl (C=O) groups excluding carboxylic acids is 1. The Kier molecular flexibility index (Phi) is 2.40. The van der Waals surface area contributed by atoms with Crippen molar-refractivity contribution in [3.05, 3.63) is 33.8 Å². The molecule has 0 aromatic carbocycles. The van der Waals surface area contributed by atoms with E-state index in [2.05, 4.69) is 9.97 Å². The van der Waals surface area contributed by atoms with Crippen LogP contribution in [0.15, 0.2) is 12.4 Å². The Morgan fingerprint density at radius 3 is 2.67 bits per heavy atom. The first-order valence-electron chi connectivity index (χ1n) is 4.55. The lowest BCUT2D eigenvalue weighted by Crippen LogP contribution is -2.08. The Morgan fingerprint density at radius 2 is 2.20 bits per heavy atom. The number of hydrogen-bond acceptors (Lipinski definition) is 4. The first-order chi connectivity index (χ1) is 7.09. The maximum atomic E-state index is 12.0. The van der Waals surface area contributed by atoms with Crippen LogP contribution >= 0.6 is 11.3 Å². The first kappa shape index (κ1) is 10.0. The second kappa shape index (κ2) is 3.58. The van der Waals surface area contributed by atoms with Gasteiger partial charge in [-0.05, 0) is 13.8 Å². The SMILES string of the molecule is Cc1nc(C)c(C(=O)c2nccn2C)s1. The van der Waals surface area contributed by atoms with E-state index in [0.717, 1.165) is 10.7 Å². The van der Waals surface area contributed by atoms with Crippen LogP contribution in [-0.2, 0) is 7.05 Å². The average Bonchev–Trinajstić information content (AvgIpc) is 2.71. The summed E-state index contributed by atoms with van der Waals surface area (Å²) in [6.45, 7) is 3.74. The van der Waals surface area contributed by atoms with E-state index < -0.39 is 0 Å². The Hall–Kier alpha value is -1.49. The van der Waals surface area contributed by atoms with Crippen LogP contribution < -0.4 is 0 Å². The number of aromatic nitrogens is 3. The number of hydrogen-bond donors (Lipinski definition) is 0. The number of aryl methyl sites for hydroxylation is 3. The summed E-state index contributed by atoms with van der Waals surface area (Å²) in [5.74, 6) is 0.410. The summed E-state index contributed by atoms with van der Waals surface area (Å²) in [6, 6.07) is 0. The molecule has 4 nitrogen and oxygen atoms in total. The zero-order valence-electron chi connectivity index (χ0n) is 8.81. The molecule has 0 radical (unpaired) electrons. The van der Waals surface area contributed by atoms with Crippen molar-refractivity contribution in [1.29, 1.82) is 0 Å². The summed E-state index contributed by atoms with van der Waals surface area (Å²) in [7, 11) is 1.81. The Bertz CT molecular complexity index is 512. The van der Waals surface area contributed by atoms with Crippen LogP contribution in [0.2, 0.25) is 0 Å². The monoisotopic (exact) mass is 221 g/mol. The summed E-state index contributed by atoms with van der Waals surface area (Å²) < 4.78 is 1.72. The normalized spacial score (nSPS) is 10.6. The summed E-state index contributed by atoms with van der Waals surface area (Å²) >= 11 is 1.42. The van der Waals surface area contributed by atoms with Crippen molar-refractivity contribution in [2.75, 3.05) is 0 Å². The van der Waals surface area contributed by atoms with Crippen LogP contribution in [-0.4, -0.2) is 20.3 Å². The van der Waals surface area contributed by atoms with Gasteiger partial charge in [0, 0.05) is 19.4 Å². The summed E-state index contributed by atoms with van der Waals surface area (Å²) in [5.41, 5.74) is 0.783. The van der Waals surface area contributed by atoms with E-state index in [0.29, 0.717) is 10.7 Å². The van der Waals surface area contributed by atoms with Gasteiger partial charge in [-0.15, -0.1) is 11.3 Å². The van der Waals surface area contributed by atoms with Gasteiger partial charge in [0.05, 0.1) is 10.7 Å². The fourth-order valence-electron chi connectivity index (χ4n) is 1.43. The highest BCUT2D eigenvalue weighted by Gasteiger charge is 2.18. The highest BCUT2D eigenvalue weighted by Crippen LogP contribution is 2.19. The van der Waals surface area contributed by atoms with Crippen molar-refractivity contribution in [3.8, 4) is 0 Å². The first-order valence-corrected chi connectivity index (χ1v) is 5.37. The molecule has 2 aromatic heterocycles. The van der Waals surface area contributed by atoms with E-state index in [-0.39, 0.29) is 5.78 Å². The molecule has 5 heteroatoms. The van der Waals surface area contributed by atoms with Gasteiger partial charge in [0.1, 0.15) is 4.88 Å². The zero-order chi connectivity index (χ0) is 11.0. The van der Waals surface area contributed by atoms with Crippen LogP contribution in [0.3, 0.4) is 0 Å². The molecular formula is C10H11N3OS. The van der Waals surface area contributed by atoms with Gasteiger partial charge in [-0.3, -0.25) is 4.79 Å². The predicted octanol–water partition coefficient (Wildman–Crippen LogP) is 1.72. The third-order valence-corrected chi connectivity index (χ3v) is 3.21. The maximum Gasteiger partial charge on any atom is 0.240 e. The molecule has 0 aliphatic heterocycles. The van der Waals surface area contributed by atoms with Gasteiger partial charge in [0.15, 0.2) is 5.82 Å². The standard InChI is InChI=1S/C10H11N3OS/c1-6-9(15-7(2)12-6)8(14)10-11-4-5-13(10)3/h4-5H,1-3H3. The fraction of sp³-hybridized carbons (Fsp3) is 0.300. The highest BCUT2D eigenvalue weighted by atomic mass is 32.1. The second-order valence-electron chi connectivity index (χ2n) is 3.34. The molecule has 2 heterocycles. The summed E-state index contributed by atoms with van der Waals surface area (Å²) in [5, 5.41) is 0.907. The lowest BCUT2D eigenvalue weighted by atomic mass is 10.2. The van der Waals surface area contributed by atoms with Crippen LogP contribution in [0.1, 0.15) is 26.2 Å². The van der Waals surface area contributed by atoms with Crippen LogP contribution in [0.25, 0.3) is 0 Å². The highest BCUT2D eigenvalue weighted by molar-refractivity contribution is 7.13. The topological polar surface area (TPSA) is 47.8 Å². The molecule has 0 fully saturated rings. The van der Waals surface area contributed by atoms with Crippen LogP contribution in [0.5, 0.6) is 0 Å². The van der Waals surface area contributed by atoms with Crippen LogP contribution in [0, 0.1) is 13.8 Å². The molecule has 0 saturated carbocycles. The lowest BCUT2D eigenvalue weighted by Gasteiger charge is -1.98. The van der Waals surface area contributed by atoms with Gasteiger partial charge in [0.2, 0.25) is 5.78 Å². The Labute approximate surface area is 91.6 Å². The molecule has 0 unspecified atom stereocenters. The van der Waals surface area contributed by atoms with Crippen molar-refractivity contribution in [3.63, 3.8) is 0 Å². The number of ketones is 1. The van der Waals surface area contributed by atoms with Crippen molar-refractivity contribution in [2.24, 2.45) is 7.05 Å². The number of carbonyl (C=O) groups is 1. The lowest BCUT2D eigenvalue weighted by molar-refractivity contribution is 0.102. The van der Waals surface area contributed by atoms with E-state index in [9.17, 15) is 4.79 Å². The van der Waals surface area contributed by atoms with Gasteiger partial charge in [0.25, 0.3) is 0 Å². The Morgan fingerprint density at radius 1 is 1.47 bits per heavy atom. The molecule has 0 amide bonds. The fourth-order valence-corrected chi connectivity index (χ4v) is 2.28. The summed E-state index contributed by atoms with van der Waals surface area (Å²) in [4.78, 5) is 21.0. The molecule has 15 heavy (non-hydrogen) atoms. The number of thiazole rings is 1. The van der Waals surface area contributed by atoms with Crippen molar-refractivity contribution in [2.45, 2.75) is 13.8 Å². The number of imidazole rings is 1. The van der Waals surface area contributed by atoms with Crippen LogP contribution in [0.4, 0.5) is 0 Å². The van der Waals surface area contributed by atoms with E-state index in [1.54, 1.807) is 17.0 Å². The van der Waals surface area contributed by atoms with Gasteiger partial charge in [-0.25, -0.2) is 9.97 Å². The smallest absolute Gasteiger partial charge is 0.240 e. The van der Waals surface area contributed by atoms with Gasteiger partial charge >= 0.3 is 0 Å². The largest absolute Gasteiger partial charge is 0.331 e. The minimum Gasteiger partial charge on any atom is -0.331 e. The molecule has 0 saturated heterocycles. The quantitative estimate of drug-likeness (QED) is 0.725. The third-order valence-electron chi connectivity index (χ3n) is 2.13. The van der Waals surface area contributed by atoms with Gasteiger partial charge < -0.3 is 4.57 Å². The van der Waals surface area contributed by atoms with E-state index in [1.807, 2.05) is 20.9 Å². The third kappa shape index (κ3) is 1.70. The van der Waals surface area contributed by atoms with E-state index >= 15 is 0 Å². The molecule has 2 aromatic rings. The summed E-state index contributed by atoms with van der Waals surface area (Å²) in [6.07, 6.45) is 3.38. The second-order valence-corrected chi connectivity index (χ2v) is 4.54. The zero-order valence-corrected chi connectivity index (χ0v) is 9.63. The van der Waals surface area contributed by atoms with E-state index in [1.165, 1.54) is 11.3 Å². The molecule has 78 valence electrons. The van der Waals surface area contributed by atoms with Crippen molar-refractivity contribution < 1.29 is 4.79 Å². The number of rotatable bonds is 2. The molecule has 0 atom stereocenters. The Balaban J connectivity index is 2.45. The predicted molar refractivity (Wildman–Crippen MR) is 58.2 cm³/mol. The minimum absolute atomic E-state index is 0.0504. The van der Waals surface area contributed by atoms with Crippen molar-refractivity contribution in [1.82, 2.24) is 14.5 Å². The van der Waals surface area contributed by atoms with E-state index in [4.69, 9.17) is 0 Å². The molecule has 0 bridgehead atoms. The molecule has 2 rings (SSSR count). The maximum absolute atomic E-state index is 12.0. The molecular weight excluding hydrogens is 210 g/mol. The minimum atomic E-state index is -0.0504. The van der Waals surface area contributed by atoms with Gasteiger partial charge in [-0.1, -0.05) is 0 Å². The molecule has 0 N–H and O–H groups in total. The molecule has 0 spiro atoms. The average molecular weight is 221 g/mol. The van der Waals surface area contributed by atoms with Crippen molar-refractivity contribution >= 4 is 17.1 Å².